The highest BCUT2D eigenvalue weighted by Crippen LogP contribution is 2.25. The molecule has 1 aliphatic heterocycles. The van der Waals surface area contributed by atoms with E-state index >= 15 is 0 Å². The van der Waals surface area contributed by atoms with Gasteiger partial charge >= 0.3 is 5.97 Å². The van der Waals surface area contributed by atoms with Gasteiger partial charge in [-0.15, -0.1) is 0 Å². The highest BCUT2D eigenvalue weighted by molar-refractivity contribution is 6.08. The molecule has 6 heteroatoms. The lowest BCUT2D eigenvalue weighted by Crippen LogP contribution is -2.46. The van der Waals surface area contributed by atoms with Gasteiger partial charge in [0, 0.05) is 44.0 Å². The SMILES string of the molecule is Cc1ccc(CN2CCN(c3ccc(NC(=O)c4cccc(C)c4)c(C(=O)O)c3)CC2)cc1. The maximum Gasteiger partial charge on any atom is 0.337 e. The lowest BCUT2D eigenvalue weighted by Gasteiger charge is -2.36. The van der Waals surface area contributed by atoms with Gasteiger partial charge < -0.3 is 15.3 Å². The molecule has 2 N–H and O–H groups in total. The van der Waals surface area contributed by atoms with Crippen LogP contribution in [-0.4, -0.2) is 48.1 Å². The monoisotopic (exact) mass is 443 g/mol. The Morgan fingerprint density at radius 1 is 0.879 bits per heavy atom. The van der Waals surface area contributed by atoms with Crippen LogP contribution in [0.2, 0.25) is 0 Å². The van der Waals surface area contributed by atoms with Crippen LogP contribution in [0.25, 0.3) is 0 Å². The minimum absolute atomic E-state index is 0.0931. The number of piperazine rings is 1. The van der Waals surface area contributed by atoms with E-state index in [1.165, 1.54) is 11.1 Å². The van der Waals surface area contributed by atoms with Gasteiger partial charge in [0.25, 0.3) is 5.91 Å². The third-order valence-corrected chi connectivity index (χ3v) is 6.03. The Morgan fingerprint density at radius 2 is 1.61 bits per heavy atom. The summed E-state index contributed by atoms with van der Waals surface area (Å²) in [5.74, 6) is -1.38. The molecule has 3 aromatic rings. The van der Waals surface area contributed by atoms with Gasteiger partial charge in [0.1, 0.15) is 0 Å². The molecule has 0 spiro atoms. The summed E-state index contributed by atoms with van der Waals surface area (Å²) < 4.78 is 0. The average Bonchev–Trinajstić information content (AvgIpc) is 2.81. The zero-order valence-corrected chi connectivity index (χ0v) is 19.0. The molecule has 0 atom stereocenters. The number of carboxylic acids is 1. The Bertz CT molecular complexity index is 1150. The predicted molar refractivity (Wildman–Crippen MR) is 131 cm³/mol. The molecule has 0 saturated carbocycles. The molecular formula is C27H29N3O3. The molecular weight excluding hydrogens is 414 g/mol. The molecule has 170 valence electrons. The molecule has 1 aliphatic rings. The zero-order chi connectivity index (χ0) is 23.4. The number of carbonyl (C=O) groups excluding carboxylic acids is 1. The first-order chi connectivity index (χ1) is 15.9. The Kier molecular flexibility index (Phi) is 6.75. The van der Waals surface area contributed by atoms with E-state index in [-0.39, 0.29) is 11.5 Å². The third-order valence-electron chi connectivity index (χ3n) is 6.03. The second-order valence-electron chi connectivity index (χ2n) is 8.61. The summed E-state index contributed by atoms with van der Waals surface area (Å²) >= 11 is 0. The van der Waals surface area contributed by atoms with Crippen molar-refractivity contribution in [2.24, 2.45) is 0 Å². The van der Waals surface area contributed by atoms with Crippen LogP contribution in [0.5, 0.6) is 0 Å². The Hall–Kier alpha value is -3.64. The number of aryl methyl sites for hydroxylation is 2. The lowest BCUT2D eigenvalue weighted by atomic mass is 10.1. The molecule has 0 bridgehead atoms. The van der Waals surface area contributed by atoms with Crippen LogP contribution in [0.4, 0.5) is 11.4 Å². The fourth-order valence-corrected chi connectivity index (χ4v) is 4.11. The second-order valence-corrected chi connectivity index (χ2v) is 8.61. The molecule has 33 heavy (non-hydrogen) atoms. The van der Waals surface area contributed by atoms with E-state index in [1.54, 1.807) is 24.3 Å². The third kappa shape index (κ3) is 5.59. The number of hydrogen-bond donors (Lipinski definition) is 2. The molecule has 0 radical (unpaired) electrons. The number of anilines is 2. The lowest BCUT2D eigenvalue weighted by molar-refractivity contribution is 0.0698. The van der Waals surface area contributed by atoms with Crippen molar-refractivity contribution in [3.63, 3.8) is 0 Å². The Morgan fingerprint density at radius 3 is 2.27 bits per heavy atom. The van der Waals surface area contributed by atoms with Crippen LogP contribution < -0.4 is 10.2 Å². The van der Waals surface area contributed by atoms with Gasteiger partial charge in [0.2, 0.25) is 0 Å². The number of carbonyl (C=O) groups is 2. The van der Waals surface area contributed by atoms with Crippen molar-refractivity contribution in [1.29, 1.82) is 0 Å². The number of benzene rings is 3. The number of rotatable bonds is 6. The standard InChI is InChI=1S/C27H29N3O3/c1-19-6-8-21(9-7-19)18-29-12-14-30(15-13-29)23-10-11-25(24(17-23)27(32)33)28-26(31)22-5-3-4-20(2)16-22/h3-11,16-17H,12-15,18H2,1-2H3,(H,28,31)(H,32,33). The van der Waals surface area contributed by atoms with Gasteiger partial charge in [-0.3, -0.25) is 9.69 Å². The highest BCUT2D eigenvalue weighted by atomic mass is 16.4. The van der Waals surface area contributed by atoms with E-state index in [0.717, 1.165) is 44.0 Å². The highest BCUT2D eigenvalue weighted by Gasteiger charge is 2.20. The number of aromatic carboxylic acids is 1. The number of nitrogens with zero attached hydrogens (tertiary/aromatic N) is 2. The van der Waals surface area contributed by atoms with Gasteiger partial charge in [-0.05, 0) is 49.7 Å². The summed E-state index contributed by atoms with van der Waals surface area (Å²) in [6.07, 6.45) is 0. The molecule has 3 aromatic carbocycles. The Labute approximate surface area is 194 Å². The Balaban J connectivity index is 1.42. The molecule has 0 aliphatic carbocycles. The van der Waals surface area contributed by atoms with Crippen molar-refractivity contribution < 1.29 is 14.7 Å². The summed E-state index contributed by atoms with van der Waals surface area (Å²) in [5.41, 5.74) is 5.28. The first-order valence-corrected chi connectivity index (χ1v) is 11.2. The largest absolute Gasteiger partial charge is 0.478 e. The predicted octanol–water partition coefficient (Wildman–Crippen LogP) is 4.58. The van der Waals surface area contributed by atoms with Crippen LogP contribution >= 0.6 is 0 Å². The topological polar surface area (TPSA) is 72.9 Å². The quantitative estimate of drug-likeness (QED) is 0.584. The minimum Gasteiger partial charge on any atom is -0.478 e. The molecule has 6 nitrogen and oxygen atoms in total. The summed E-state index contributed by atoms with van der Waals surface area (Å²) in [6, 6.07) is 21.1. The first kappa shape index (κ1) is 22.6. The molecule has 1 fully saturated rings. The normalized spacial score (nSPS) is 14.2. The van der Waals surface area contributed by atoms with Crippen LogP contribution in [0.3, 0.4) is 0 Å². The van der Waals surface area contributed by atoms with E-state index in [1.807, 2.05) is 25.1 Å². The maximum atomic E-state index is 12.6. The summed E-state index contributed by atoms with van der Waals surface area (Å²) in [4.78, 5) is 29.2. The van der Waals surface area contributed by atoms with Gasteiger partial charge in [-0.25, -0.2) is 4.79 Å². The van der Waals surface area contributed by atoms with E-state index < -0.39 is 5.97 Å². The second kappa shape index (κ2) is 9.88. The van der Waals surface area contributed by atoms with Gasteiger partial charge in [0.05, 0.1) is 11.3 Å². The zero-order valence-electron chi connectivity index (χ0n) is 19.0. The number of nitrogens with one attached hydrogen (secondary N) is 1. The number of amides is 1. The maximum absolute atomic E-state index is 12.6. The van der Waals surface area contributed by atoms with Gasteiger partial charge in [0.15, 0.2) is 0 Å². The van der Waals surface area contributed by atoms with Gasteiger partial charge in [-0.1, -0.05) is 47.5 Å². The van der Waals surface area contributed by atoms with E-state index in [0.29, 0.717) is 11.3 Å². The molecule has 4 rings (SSSR count). The first-order valence-electron chi connectivity index (χ1n) is 11.2. The van der Waals surface area contributed by atoms with Crippen molar-refractivity contribution in [3.05, 3.63) is 94.5 Å². The fraction of sp³-hybridized carbons (Fsp3) is 0.259. The van der Waals surface area contributed by atoms with E-state index in [9.17, 15) is 14.7 Å². The van der Waals surface area contributed by atoms with E-state index in [2.05, 4.69) is 46.3 Å². The summed E-state index contributed by atoms with van der Waals surface area (Å²) in [7, 11) is 0. The van der Waals surface area contributed by atoms with Gasteiger partial charge in [-0.2, -0.15) is 0 Å². The number of carboxylic acid groups (broad SMARTS) is 1. The minimum atomic E-state index is -1.06. The van der Waals surface area contributed by atoms with Crippen LogP contribution in [0, 0.1) is 13.8 Å². The van der Waals surface area contributed by atoms with Crippen molar-refractivity contribution in [3.8, 4) is 0 Å². The van der Waals surface area contributed by atoms with Crippen LogP contribution in [0.1, 0.15) is 37.4 Å². The molecule has 0 aromatic heterocycles. The molecule has 1 heterocycles. The van der Waals surface area contributed by atoms with Crippen molar-refractivity contribution in [2.45, 2.75) is 20.4 Å². The molecule has 1 amide bonds. The van der Waals surface area contributed by atoms with Crippen molar-refractivity contribution in [1.82, 2.24) is 4.90 Å². The smallest absolute Gasteiger partial charge is 0.337 e. The molecule has 0 unspecified atom stereocenters. The summed E-state index contributed by atoms with van der Waals surface area (Å²) in [5, 5.41) is 12.5. The van der Waals surface area contributed by atoms with Crippen LogP contribution in [-0.2, 0) is 6.54 Å². The molecule has 1 saturated heterocycles. The average molecular weight is 444 g/mol. The van der Waals surface area contributed by atoms with Crippen LogP contribution in [0.15, 0.2) is 66.7 Å². The fourth-order valence-electron chi connectivity index (χ4n) is 4.11. The number of hydrogen-bond acceptors (Lipinski definition) is 4. The summed E-state index contributed by atoms with van der Waals surface area (Å²) in [6.45, 7) is 8.37. The van der Waals surface area contributed by atoms with Crippen molar-refractivity contribution in [2.75, 3.05) is 36.4 Å². The van der Waals surface area contributed by atoms with E-state index in [4.69, 9.17) is 0 Å². The van der Waals surface area contributed by atoms with Crippen molar-refractivity contribution >= 4 is 23.3 Å².